The summed E-state index contributed by atoms with van der Waals surface area (Å²) in [6, 6.07) is 0. The third kappa shape index (κ3) is 4.34. The first-order valence-corrected chi connectivity index (χ1v) is 8.04. The first kappa shape index (κ1) is 15.7. The van der Waals surface area contributed by atoms with E-state index >= 15 is 0 Å². The minimum Gasteiger partial charge on any atom is -0.481 e. The van der Waals surface area contributed by atoms with Crippen LogP contribution in [0.1, 0.15) is 30.3 Å². The van der Waals surface area contributed by atoms with E-state index in [1.807, 2.05) is 13.8 Å². The fourth-order valence-electron chi connectivity index (χ4n) is 1.92. The molecule has 0 spiro atoms. The molecule has 0 saturated carbocycles. The number of hydrogen-bond donors (Lipinski definition) is 1. The molecule has 0 amide bonds. The normalized spacial score (nSPS) is 11.7. The number of nitrogens with zero attached hydrogens (tertiary/aromatic N) is 2. The second-order valence-electron chi connectivity index (χ2n) is 4.50. The van der Waals surface area contributed by atoms with E-state index in [0.717, 1.165) is 17.0 Å². The Hall–Kier alpha value is -1.37. The van der Waals surface area contributed by atoms with Crippen molar-refractivity contribution in [3.8, 4) is 0 Å². The molecule has 0 saturated heterocycles. The average molecular weight is 288 g/mol. The maximum Gasteiger partial charge on any atom is 0.303 e. The zero-order valence-corrected chi connectivity index (χ0v) is 12.3. The molecule has 6 nitrogen and oxygen atoms in total. The van der Waals surface area contributed by atoms with Gasteiger partial charge >= 0.3 is 5.97 Å². The van der Waals surface area contributed by atoms with E-state index in [-0.39, 0.29) is 17.9 Å². The number of carboxylic acids is 1. The minimum atomic E-state index is -3.02. The molecule has 0 atom stereocenters. The van der Waals surface area contributed by atoms with Crippen molar-refractivity contribution in [3.05, 3.63) is 17.0 Å². The highest BCUT2D eigenvalue weighted by Gasteiger charge is 2.14. The van der Waals surface area contributed by atoms with Crippen molar-refractivity contribution >= 4 is 15.8 Å². The number of rotatable bonds is 7. The summed E-state index contributed by atoms with van der Waals surface area (Å²) in [5.74, 6) is -0.665. The monoisotopic (exact) mass is 288 g/mol. The molecule has 108 valence electrons. The minimum absolute atomic E-state index is 0.0562. The molecule has 1 N–H and O–H groups in total. The number of hydrogen-bond acceptors (Lipinski definition) is 4. The van der Waals surface area contributed by atoms with Gasteiger partial charge in [-0.05, 0) is 25.8 Å². The summed E-state index contributed by atoms with van der Waals surface area (Å²) in [4.78, 5) is 10.6. The summed E-state index contributed by atoms with van der Waals surface area (Å²) in [5.41, 5.74) is 2.52. The van der Waals surface area contributed by atoms with Gasteiger partial charge in [0.25, 0.3) is 0 Å². The summed E-state index contributed by atoms with van der Waals surface area (Å²) in [6.07, 6.45) is 0.480. The van der Waals surface area contributed by atoms with Crippen LogP contribution in [-0.2, 0) is 27.6 Å². The second-order valence-corrected chi connectivity index (χ2v) is 6.98. The Kier molecular flexibility index (Phi) is 5.11. The molecule has 0 unspecified atom stereocenters. The van der Waals surface area contributed by atoms with E-state index in [4.69, 9.17) is 5.11 Å². The molecule has 0 aromatic carbocycles. The molecule has 19 heavy (non-hydrogen) atoms. The van der Waals surface area contributed by atoms with Gasteiger partial charge in [0.05, 0.1) is 18.0 Å². The lowest BCUT2D eigenvalue weighted by Gasteiger charge is -2.05. The summed E-state index contributed by atoms with van der Waals surface area (Å²) in [7, 11) is -3.02. The molecule has 0 aliphatic carbocycles. The van der Waals surface area contributed by atoms with Gasteiger partial charge in [-0.1, -0.05) is 6.92 Å². The standard InChI is InChI=1S/C12H20N2O4S/c1-4-19(17,18)8-7-14-10(3)11(9(2)13-14)5-6-12(15)16/h4-8H2,1-3H3,(H,15,16). The maximum atomic E-state index is 11.5. The van der Waals surface area contributed by atoms with Crippen LogP contribution in [0.3, 0.4) is 0 Å². The number of aliphatic carboxylic acids is 1. The van der Waals surface area contributed by atoms with Gasteiger partial charge in [0, 0.05) is 17.9 Å². The van der Waals surface area contributed by atoms with E-state index in [1.54, 1.807) is 11.6 Å². The zero-order chi connectivity index (χ0) is 14.6. The van der Waals surface area contributed by atoms with Crippen molar-refractivity contribution in [2.45, 2.75) is 40.2 Å². The number of sulfone groups is 1. The lowest BCUT2D eigenvalue weighted by atomic mass is 10.1. The highest BCUT2D eigenvalue weighted by atomic mass is 32.2. The Morgan fingerprint density at radius 2 is 2.00 bits per heavy atom. The van der Waals surface area contributed by atoms with E-state index in [1.165, 1.54) is 0 Å². The van der Waals surface area contributed by atoms with Crippen molar-refractivity contribution < 1.29 is 18.3 Å². The summed E-state index contributed by atoms with van der Waals surface area (Å²) in [6.45, 7) is 5.59. The molecule has 0 aliphatic heterocycles. The molecule has 0 fully saturated rings. The Labute approximate surface area is 113 Å². The molecule has 1 heterocycles. The lowest BCUT2D eigenvalue weighted by Crippen LogP contribution is -2.16. The van der Waals surface area contributed by atoms with Crippen molar-refractivity contribution in [2.24, 2.45) is 0 Å². The van der Waals surface area contributed by atoms with Gasteiger partial charge in [-0.15, -0.1) is 0 Å². The molecular formula is C12H20N2O4S. The summed E-state index contributed by atoms with van der Waals surface area (Å²) < 4.78 is 24.6. The second kappa shape index (κ2) is 6.18. The van der Waals surface area contributed by atoms with Crippen LogP contribution in [0.2, 0.25) is 0 Å². The van der Waals surface area contributed by atoms with Crippen molar-refractivity contribution in [1.29, 1.82) is 0 Å². The van der Waals surface area contributed by atoms with Gasteiger partial charge < -0.3 is 5.11 Å². The number of aryl methyl sites for hydroxylation is 2. The fourth-order valence-corrected chi connectivity index (χ4v) is 2.66. The van der Waals surface area contributed by atoms with Crippen LogP contribution >= 0.6 is 0 Å². The maximum absolute atomic E-state index is 11.5. The van der Waals surface area contributed by atoms with Gasteiger partial charge in [0.2, 0.25) is 0 Å². The number of aromatic nitrogens is 2. The molecule has 1 rings (SSSR count). The highest BCUT2D eigenvalue weighted by Crippen LogP contribution is 2.15. The van der Waals surface area contributed by atoms with Crippen LogP contribution in [0.4, 0.5) is 0 Å². The molecule has 1 aromatic rings. The zero-order valence-electron chi connectivity index (χ0n) is 11.5. The molecule has 0 bridgehead atoms. The van der Waals surface area contributed by atoms with Crippen molar-refractivity contribution in [1.82, 2.24) is 9.78 Å². The Bertz CT molecular complexity index is 561. The Morgan fingerprint density at radius 1 is 1.37 bits per heavy atom. The molecule has 1 aromatic heterocycles. The van der Waals surface area contributed by atoms with Crippen LogP contribution in [0.5, 0.6) is 0 Å². The highest BCUT2D eigenvalue weighted by molar-refractivity contribution is 7.91. The average Bonchev–Trinajstić information content (AvgIpc) is 2.60. The molecule has 0 aliphatic rings. The van der Waals surface area contributed by atoms with Crippen molar-refractivity contribution in [3.63, 3.8) is 0 Å². The predicted octanol–water partition coefficient (Wildman–Crippen LogP) is 0.952. The van der Waals surface area contributed by atoms with E-state index in [9.17, 15) is 13.2 Å². The third-order valence-electron chi connectivity index (χ3n) is 3.17. The number of carboxylic acid groups (broad SMARTS) is 1. The van der Waals surface area contributed by atoms with E-state index < -0.39 is 15.8 Å². The van der Waals surface area contributed by atoms with Crippen LogP contribution < -0.4 is 0 Å². The first-order valence-electron chi connectivity index (χ1n) is 6.22. The fraction of sp³-hybridized carbons (Fsp3) is 0.667. The van der Waals surface area contributed by atoms with Gasteiger partial charge in [-0.3, -0.25) is 9.48 Å². The van der Waals surface area contributed by atoms with Crippen LogP contribution in [0, 0.1) is 13.8 Å². The summed E-state index contributed by atoms with van der Waals surface area (Å²) in [5, 5.41) is 13.0. The largest absolute Gasteiger partial charge is 0.481 e. The quantitative estimate of drug-likeness (QED) is 0.807. The Balaban J connectivity index is 2.81. The smallest absolute Gasteiger partial charge is 0.303 e. The third-order valence-corrected chi connectivity index (χ3v) is 4.86. The summed E-state index contributed by atoms with van der Waals surface area (Å²) >= 11 is 0. The van der Waals surface area contributed by atoms with Gasteiger partial charge in [-0.25, -0.2) is 8.42 Å². The first-order chi connectivity index (χ1) is 8.76. The molecular weight excluding hydrogens is 268 g/mol. The SMILES string of the molecule is CCS(=O)(=O)CCn1nc(C)c(CCC(=O)O)c1C. The van der Waals surface area contributed by atoms with Crippen LogP contribution in [-0.4, -0.2) is 40.8 Å². The van der Waals surface area contributed by atoms with Crippen LogP contribution in [0.25, 0.3) is 0 Å². The molecule has 7 heteroatoms. The van der Waals surface area contributed by atoms with E-state index in [0.29, 0.717) is 13.0 Å². The van der Waals surface area contributed by atoms with Gasteiger partial charge in [-0.2, -0.15) is 5.10 Å². The Morgan fingerprint density at radius 3 is 2.53 bits per heavy atom. The number of carbonyl (C=O) groups is 1. The predicted molar refractivity (Wildman–Crippen MR) is 72.0 cm³/mol. The van der Waals surface area contributed by atoms with E-state index in [2.05, 4.69) is 5.10 Å². The molecule has 0 radical (unpaired) electrons. The lowest BCUT2D eigenvalue weighted by molar-refractivity contribution is -0.136. The van der Waals surface area contributed by atoms with Crippen molar-refractivity contribution in [2.75, 3.05) is 11.5 Å². The van der Waals surface area contributed by atoms with Gasteiger partial charge in [0.1, 0.15) is 0 Å². The topological polar surface area (TPSA) is 89.3 Å². The van der Waals surface area contributed by atoms with Crippen LogP contribution in [0.15, 0.2) is 0 Å². The van der Waals surface area contributed by atoms with Gasteiger partial charge in [0.15, 0.2) is 9.84 Å².